The number of hydrogen-bond acceptors (Lipinski definition) is 3. The fourth-order valence-corrected chi connectivity index (χ4v) is 2.83. The summed E-state index contributed by atoms with van der Waals surface area (Å²) in [6.07, 6.45) is -0.303. The number of fused-ring (bicyclic) bond motifs is 3. The van der Waals surface area contributed by atoms with Crippen LogP contribution in [0.15, 0.2) is 24.3 Å². The molecular formula is C15H16N2O4. The summed E-state index contributed by atoms with van der Waals surface area (Å²) in [5.74, 6) is -1.01. The minimum absolute atomic E-state index is 0.222. The van der Waals surface area contributed by atoms with E-state index in [-0.39, 0.29) is 19.6 Å². The predicted molar refractivity (Wildman–Crippen MR) is 76.0 cm³/mol. The number of ether oxygens (including phenoxy) is 1. The van der Waals surface area contributed by atoms with Gasteiger partial charge < -0.3 is 14.8 Å². The fraction of sp³-hybridized carbons (Fsp3) is 0.333. The Balaban J connectivity index is 2.03. The monoisotopic (exact) mass is 288 g/mol. The zero-order valence-electron chi connectivity index (χ0n) is 11.6. The average molecular weight is 288 g/mol. The van der Waals surface area contributed by atoms with E-state index in [1.54, 1.807) is 6.92 Å². The summed E-state index contributed by atoms with van der Waals surface area (Å²) in [4.78, 5) is 28.0. The topological polar surface area (TPSA) is 82.6 Å². The zero-order chi connectivity index (χ0) is 15.0. The second-order valence-electron chi connectivity index (χ2n) is 5.01. The van der Waals surface area contributed by atoms with Gasteiger partial charge in [0.2, 0.25) is 0 Å². The number of aliphatic carboxylic acids is 1. The van der Waals surface area contributed by atoms with E-state index in [9.17, 15) is 14.7 Å². The number of para-hydroxylation sites is 1. The molecule has 110 valence electrons. The Morgan fingerprint density at radius 2 is 2.19 bits per heavy atom. The van der Waals surface area contributed by atoms with Crippen LogP contribution in [0.25, 0.3) is 10.9 Å². The third kappa shape index (κ3) is 2.22. The number of hydrogen-bond donors (Lipinski definition) is 2. The third-order valence-electron chi connectivity index (χ3n) is 3.79. The van der Waals surface area contributed by atoms with Crippen molar-refractivity contribution in [2.24, 2.45) is 0 Å². The van der Waals surface area contributed by atoms with E-state index in [2.05, 4.69) is 4.98 Å². The van der Waals surface area contributed by atoms with Gasteiger partial charge in [0, 0.05) is 23.0 Å². The van der Waals surface area contributed by atoms with Gasteiger partial charge in [0.1, 0.15) is 6.04 Å². The quantitative estimate of drug-likeness (QED) is 0.887. The number of H-pyrrole nitrogens is 1. The molecule has 2 heterocycles. The maximum Gasteiger partial charge on any atom is 0.410 e. The van der Waals surface area contributed by atoms with Crippen LogP contribution in [0.4, 0.5) is 4.79 Å². The molecule has 6 nitrogen and oxygen atoms in total. The van der Waals surface area contributed by atoms with Crippen LogP contribution in [-0.4, -0.2) is 39.7 Å². The molecule has 0 bridgehead atoms. The van der Waals surface area contributed by atoms with Crippen molar-refractivity contribution < 1.29 is 19.4 Å². The highest BCUT2D eigenvalue weighted by Gasteiger charge is 2.37. The summed E-state index contributed by atoms with van der Waals surface area (Å²) < 4.78 is 4.96. The summed E-state index contributed by atoms with van der Waals surface area (Å²) >= 11 is 0. The summed E-state index contributed by atoms with van der Waals surface area (Å²) in [5.41, 5.74) is 2.80. The van der Waals surface area contributed by atoms with Gasteiger partial charge in [0.25, 0.3) is 0 Å². The van der Waals surface area contributed by atoms with Crippen LogP contribution in [0.1, 0.15) is 18.2 Å². The largest absolute Gasteiger partial charge is 0.480 e. The van der Waals surface area contributed by atoms with Crippen LogP contribution in [0.3, 0.4) is 0 Å². The van der Waals surface area contributed by atoms with Crippen LogP contribution in [0.2, 0.25) is 0 Å². The number of rotatable bonds is 2. The third-order valence-corrected chi connectivity index (χ3v) is 3.79. The lowest BCUT2D eigenvalue weighted by Gasteiger charge is -2.32. The highest BCUT2D eigenvalue weighted by Crippen LogP contribution is 2.30. The van der Waals surface area contributed by atoms with Crippen molar-refractivity contribution in [3.63, 3.8) is 0 Å². The molecule has 2 aromatic rings. The Kier molecular flexibility index (Phi) is 3.29. The number of nitrogens with zero attached hydrogens (tertiary/aromatic N) is 1. The first-order valence-electron chi connectivity index (χ1n) is 6.86. The second-order valence-corrected chi connectivity index (χ2v) is 5.01. The molecule has 0 fully saturated rings. The SMILES string of the molecule is CCOC(=O)N1Cc2[nH]c3ccccc3c2CC1C(=O)O. The minimum Gasteiger partial charge on any atom is -0.480 e. The summed E-state index contributed by atoms with van der Waals surface area (Å²) in [6, 6.07) is 6.85. The number of carbonyl (C=O) groups excluding carboxylic acids is 1. The smallest absolute Gasteiger partial charge is 0.410 e. The molecule has 1 aromatic carbocycles. The molecule has 6 heteroatoms. The molecule has 1 aliphatic rings. The normalized spacial score (nSPS) is 17.6. The molecule has 21 heavy (non-hydrogen) atoms. The second kappa shape index (κ2) is 5.12. The van der Waals surface area contributed by atoms with Gasteiger partial charge in [-0.25, -0.2) is 9.59 Å². The molecule has 0 radical (unpaired) electrons. The molecule has 0 saturated heterocycles. The van der Waals surface area contributed by atoms with Gasteiger partial charge in [-0.3, -0.25) is 4.90 Å². The van der Waals surface area contributed by atoms with Crippen LogP contribution < -0.4 is 0 Å². The first-order valence-corrected chi connectivity index (χ1v) is 6.86. The number of carboxylic acid groups (broad SMARTS) is 1. The average Bonchev–Trinajstić information content (AvgIpc) is 2.83. The number of carboxylic acids is 1. The first-order chi connectivity index (χ1) is 10.1. The standard InChI is InChI=1S/C15H16N2O4/c1-2-21-15(20)17-8-12-10(7-13(17)14(18)19)9-5-3-4-6-11(9)16-12/h3-6,13,16H,2,7-8H2,1H3,(H,18,19). The molecule has 3 rings (SSSR count). The van der Waals surface area contributed by atoms with Gasteiger partial charge in [-0.2, -0.15) is 0 Å². The number of aromatic nitrogens is 1. The summed E-state index contributed by atoms with van der Waals surface area (Å²) in [5, 5.41) is 10.4. The van der Waals surface area contributed by atoms with Crippen LogP contribution >= 0.6 is 0 Å². The highest BCUT2D eigenvalue weighted by atomic mass is 16.6. The van der Waals surface area contributed by atoms with Crippen molar-refractivity contribution in [1.82, 2.24) is 9.88 Å². The molecule has 1 atom stereocenters. The van der Waals surface area contributed by atoms with Gasteiger partial charge in [-0.1, -0.05) is 18.2 Å². The van der Waals surface area contributed by atoms with E-state index in [1.165, 1.54) is 4.90 Å². The lowest BCUT2D eigenvalue weighted by Crippen LogP contribution is -2.48. The molecular weight excluding hydrogens is 272 g/mol. The number of nitrogens with one attached hydrogen (secondary N) is 1. The predicted octanol–water partition coefficient (Wildman–Crippen LogP) is 2.14. The molecule has 1 aromatic heterocycles. The van der Waals surface area contributed by atoms with Gasteiger partial charge >= 0.3 is 12.1 Å². The van der Waals surface area contributed by atoms with Crippen LogP contribution in [-0.2, 0) is 22.5 Å². The first kappa shape index (κ1) is 13.5. The number of aromatic amines is 1. The Bertz CT molecular complexity index is 707. The maximum absolute atomic E-state index is 12.0. The van der Waals surface area contributed by atoms with Crippen molar-refractivity contribution >= 4 is 23.0 Å². The van der Waals surface area contributed by atoms with Crippen molar-refractivity contribution in [3.8, 4) is 0 Å². The fourth-order valence-electron chi connectivity index (χ4n) is 2.83. The molecule has 0 saturated carbocycles. The zero-order valence-corrected chi connectivity index (χ0v) is 11.6. The number of carbonyl (C=O) groups is 2. The van der Waals surface area contributed by atoms with E-state index in [1.807, 2.05) is 24.3 Å². The van der Waals surface area contributed by atoms with Crippen LogP contribution in [0, 0.1) is 0 Å². The summed E-state index contributed by atoms with van der Waals surface area (Å²) in [7, 11) is 0. The maximum atomic E-state index is 12.0. The summed E-state index contributed by atoms with van der Waals surface area (Å²) in [6.45, 7) is 2.15. The molecule has 1 aliphatic heterocycles. The Hall–Kier alpha value is -2.50. The van der Waals surface area contributed by atoms with Crippen molar-refractivity contribution in [1.29, 1.82) is 0 Å². The van der Waals surface area contributed by atoms with E-state index in [0.717, 1.165) is 22.2 Å². The number of amides is 1. The van der Waals surface area contributed by atoms with E-state index >= 15 is 0 Å². The van der Waals surface area contributed by atoms with Gasteiger partial charge in [0.05, 0.1) is 13.2 Å². The lowest BCUT2D eigenvalue weighted by atomic mass is 9.97. The minimum atomic E-state index is -1.01. The van der Waals surface area contributed by atoms with Crippen molar-refractivity contribution in [2.45, 2.75) is 25.9 Å². The lowest BCUT2D eigenvalue weighted by molar-refractivity contribution is -0.143. The molecule has 1 amide bonds. The van der Waals surface area contributed by atoms with E-state index in [0.29, 0.717) is 0 Å². The Labute approximate surface area is 121 Å². The van der Waals surface area contributed by atoms with Gasteiger partial charge in [-0.05, 0) is 18.6 Å². The van der Waals surface area contributed by atoms with E-state index < -0.39 is 18.1 Å². The number of benzene rings is 1. The highest BCUT2D eigenvalue weighted by molar-refractivity contribution is 5.88. The van der Waals surface area contributed by atoms with Crippen molar-refractivity contribution in [3.05, 3.63) is 35.5 Å². The Morgan fingerprint density at radius 1 is 1.43 bits per heavy atom. The van der Waals surface area contributed by atoms with Gasteiger partial charge in [-0.15, -0.1) is 0 Å². The van der Waals surface area contributed by atoms with Gasteiger partial charge in [0.15, 0.2) is 0 Å². The van der Waals surface area contributed by atoms with Crippen molar-refractivity contribution in [2.75, 3.05) is 6.61 Å². The molecule has 0 aliphatic carbocycles. The Morgan fingerprint density at radius 3 is 2.90 bits per heavy atom. The molecule has 1 unspecified atom stereocenters. The molecule has 0 spiro atoms. The van der Waals surface area contributed by atoms with Crippen LogP contribution in [0.5, 0.6) is 0 Å². The molecule has 2 N–H and O–H groups in total. The van der Waals surface area contributed by atoms with E-state index in [4.69, 9.17) is 4.74 Å².